The first-order chi connectivity index (χ1) is 8.79. The monoisotopic (exact) mass is 321 g/mol. The van der Waals surface area contributed by atoms with Crippen LogP contribution in [-0.2, 0) is 10.0 Å². The van der Waals surface area contributed by atoms with Crippen molar-refractivity contribution in [2.75, 3.05) is 4.72 Å². The molecule has 102 valence electrons. The third-order valence-corrected chi connectivity index (χ3v) is 5.69. The molecule has 4 nitrogen and oxygen atoms in total. The maximum absolute atomic E-state index is 13.5. The molecule has 0 aliphatic rings. The average molecular weight is 322 g/mol. The predicted octanol–water partition coefficient (Wildman–Crippen LogP) is 3.36. The van der Waals surface area contributed by atoms with E-state index in [1.54, 1.807) is 6.92 Å². The van der Waals surface area contributed by atoms with Crippen LogP contribution in [0.1, 0.15) is 5.56 Å². The fourth-order valence-corrected chi connectivity index (χ4v) is 4.12. The van der Waals surface area contributed by atoms with E-state index in [0.717, 1.165) is 23.5 Å². The number of phenols is 1. The van der Waals surface area contributed by atoms with Crippen molar-refractivity contribution < 1.29 is 17.9 Å². The van der Waals surface area contributed by atoms with Crippen LogP contribution in [0.3, 0.4) is 0 Å². The van der Waals surface area contributed by atoms with Crippen LogP contribution >= 0.6 is 22.9 Å². The van der Waals surface area contributed by atoms with Gasteiger partial charge in [-0.05, 0) is 30.7 Å². The van der Waals surface area contributed by atoms with Crippen LogP contribution in [0.5, 0.6) is 5.75 Å². The molecule has 8 heteroatoms. The minimum atomic E-state index is -3.89. The SMILES string of the molecule is Cc1cc(S(=O)(=O)Nc2ccc(O)cc2F)sc1Cl. The molecular weight excluding hydrogens is 313 g/mol. The second-order valence-electron chi connectivity index (χ2n) is 3.79. The normalized spacial score (nSPS) is 11.5. The summed E-state index contributed by atoms with van der Waals surface area (Å²) in [5, 5.41) is 9.06. The van der Waals surface area contributed by atoms with Crippen LogP contribution in [0, 0.1) is 12.7 Å². The first kappa shape index (κ1) is 14.1. The molecule has 0 amide bonds. The zero-order valence-corrected chi connectivity index (χ0v) is 12.0. The van der Waals surface area contributed by atoms with E-state index in [4.69, 9.17) is 16.7 Å². The predicted molar refractivity (Wildman–Crippen MR) is 72.9 cm³/mol. The Kier molecular flexibility index (Phi) is 3.71. The molecule has 2 rings (SSSR count). The highest BCUT2D eigenvalue weighted by Crippen LogP contribution is 2.31. The number of aryl methyl sites for hydroxylation is 1. The van der Waals surface area contributed by atoms with Crippen molar-refractivity contribution >= 4 is 38.6 Å². The maximum Gasteiger partial charge on any atom is 0.271 e. The van der Waals surface area contributed by atoms with Gasteiger partial charge in [0.1, 0.15) is 9.96 Å². The van der Waals surface area contributed by atoms with Gasteiger partial charge in [-0.25, -0.2) is 12.8 Å². The van der Waals surface area contributed by atoms with Gasteiger partial charge in [-0.2, -0.15) is 0 Å². The zero-order chi connectivity index (χ0) is 14.2. The van der Waals surface area contributed by atoms with Crippen LogP contribution in [0.2, 0.25) is 4.34 Å². The molecule has 0 unspecified atom stereocenters. The Labute approximate surface area is 118 Å². The number of nitrogens with one attached hydrogen (secondary N) is 1. The Bertz CT molecular complexity index is 708. The fraction of sp³-hybridized carbons (Fsp3) is 0.0909. The second kappa shape index (κ2) is 4.99. The molecule has 0 bridgehead atoms. The lowest BCUT2D eigenvalue weighted by Crippen LogP contribution is -2.12. The largest absolute Gasteiger partial charge is 0.508 e. The number of phenolic OH excluding ortho intramolecular Hbond substituents is 1. The standard InChI is InChI=1S/C11H9ClFNO3S2/c1-6-4-10(18-11(6)12)19(16,17)14-9-3-2-7(15)5-8(9)13/h2-5,14-15H,1H3. The van der Waals surface area contributed by atoms with E-state index in [1.807, 2.05) is 0 Å². The summed E-state index contributed by atoms with van der Waals surface area (Å²) in [6.07, 6.45) is 0. The van der Waals surface area contributed by atoms with E-state index in [-0.39, 0.29) is 15.6 Å². The fourth-order valence-electron chi connectivity index (χ4n) is 1.35. The number of benzene rings is 1. The van der Waals surface area contributed by atoms with E-state index in [9.17, 15) is 12.8 Å². The first-order valence-corrected chi connectivity index (χ1v) is 7.74. The number of hydrogen-bond donors (Lipinski definition) is 2. The molecule has 0 fully saturated rings. The van der Waals surface area contributed by atoms with E-state index in [2.05, 4.69) is 4.72 Å². The third kappa shape index (κ3) is 2.99. The Hall–Kier alpha value is -1.31. The van der Waals surface area contributed by atoms with E-state index in [1.165, 1.54) is 12.1 Å². The Morgan fingerprint density at radius 2 is 2.05 bits per heavy atom. The van der Waals surface area contributed by atoms with Gasteiger partial charge in [-0.3, -0.25) is 4.72 Å². The molecule has 0 radical (unpaired) electrons. The molecule has 1 heterocycles. The summed E-state index contributed by atoms with van der Waals surface area (Å²) in [6, 6.07) is 4.57. The van der Waals surface area contributed by atoms with Crippen molar-refractivity contribution in [3.8, 4) is 5.75 Å². The molecule has 0 aliphatic carbocycles. The number of halogens is 2. The number of hydrogen-bond acceptors (Lipinski definition) is 4. The highest BCUT2D eigenvalue weighted by atomic mass is 35.5. The molecule has 2 aromatic rings. The summed E-state index contributed by atoms with van der Waals surface area (Å²) in [7, 11) is -3.89. The summed E-state index contributed by atoms with van der Waals surface area (Å²) in [5.74, 6) is -1.14. The van der Waals surface area contributed by atoms with Crippen LogP contribution < -0.4 is 4.72 Å². The van der Waals surface area contributed by atoms with Gasteiger partial charge in [0.2, 0.25) is 0 Å². The smallest absolute Gasteiger partial charge is 0.271 e. The van der Waals surface area contributed by atoms with Gasteiger partial charge < -0.3 is 5.11 Å². The molecule has 0 saturated carbocycles. The first-order valence-electron chi connectivity index (χ1n) is 5.07. The average Bonchev–Trinajstić information content (AvgIpc) is 2.64. The van der Waals surface area contributed by atoms with Gasteiger partial charge in [0.15, 0.2) is 5.82 Å². The topological polar surface area (TPSA) is 66.4 Å². The molecule has 0 saturated heterocycles. The summed E-state index contributed by atoms with van der Waals surface area (Å²) >= 11 is 6.70. The number of aromatic hydroxyl groups is 1. The highest BCUT2D eigenvalue weighted by Gasteiger charge is 2.20. The highest BCUT2D eigenvalue weighted by molar-refractivity contribution is 7.94. The Morgan fingerprint density at radius 1 is 1.37 bits per heavy atom. The molecule has 0 spiro atoms. The lowest BCUT2D eigenvalue weighted by Gasteiger charge is -2.07. The summed E-state index contributed by atoms with van der Waals surface area (Å²) in [5.41, 5.74) is 0.401. The molecule has 2 N–H and O–H groups in total. The molecule has 0 aliphatic heterocycles. The van der Waals surface area contributed by atoms with Gasteiger partial charge in [0, 0.05) is 6.07 Å². The van der Waals surface area contributed by atoms with Crippen molar-refractivity contribution in [1.82, 2.24) is 0 Å². The summed E-state index contributed by atoms with van der Waals surface area (Å²) in [4.78, 5) is 0. The van der Waals surface area contributed by atoms with Crippen LogP contribution in [0.25, 0.3) is 0 Å². The summed E-state index contributed by atoms with van der Waals surface area (Å²) in [6.45, 7) is 1.68. The van der Waals surface area contributed by atoms with E-state index >= 15 is 0 Å². The zero-order valence-electron chi connectivity index (χ0n) is 9.65. The molecule has 19 heavy (non-hydrogen) atoms. The van der Waals surface area contributed by atoms with Crippen LogP contribution in [0.4, 0.5) is 10.1 Å². The lowest BCUT2D eigenvalue weighted by molar-refractivity contribution is 0.469. The van der Waals surface area contributed by atoms with Crippen molar-refractivity contribution in [3.05, 3.63) is 40.0 Å². The third-order valence-electron chi connectivity index (χ3n) is 2.30. The van der Waals surface area contributed by atoms with Crippen molar-refractivity contribution in [1.29, 1.82) is 0 Å². The Morgan fingerprint density at radius 3 is 2.58 bits per heavy atom. The van der Waals surface area contributed by atoms with Gasteiger partial charge in [-0.1, -0.05) is 11.6 Å². The van der Waals surface area contributed by atoms with E-state index in [0.29, 0.717) is 9.90 Å². The van der Waals surface area contributed by atoms with Gasteiger partial charge >= 0.3 is 0 Å². The second-order valence-corrected chi connectivity index (χ2v) is 7.36. The van der Waals surface area contributed by atoms with Crippen molar-refractivity contribution in [2.45, 2.75) is 11.1 Å². The molecule has 1 aromatic heterocycles. The molecule has 0 atom stereocenters. The van der Waals surface area contributed by atoms with Crippen LogP contribution in [-0.4, -0.2) is 13.5 Å². The lowest BCUT2D eigenvalue weighted by atomic mass is 10.3. The van der Waals surface area contributed by atoms with Crippen LogP contribution in [0.15, 0.2) is 28.5 Å². The van der Waals surface area contributed by atoms with Crippen molar-refractivity contribution in [2.24, 2.45) is 0 Å². The van der Waals surface area contributed by atoms with Crippen molar-refractivity contribution in [3.63, 3.8) is 0 Å². The Balaban J connectivity index is 2.36. The molecule has 1 aromatic carbocycles. The molecular formula is C11H9ClFNO3S2. The maximum atomic E-state index is 13.5. The quantitative estimate of drug-likeness (QED) is 0.852. The summed E-state index contributed by atoms with van der Waals surface area (Å²) < 4.78 is 40.0. The number of thiophene rings is 1. The minimum absolute atomic E-state index is 0.00229. The number of rotatable bonds is 3. The van der Waals surface area contributed by atoms with E-state index < -0.39 is 15.8 Å². The van der Waals surface area contributed by atoms with Gasteiger partial charge in [-0.15, -0.1) is 11.3 Å². The number of sulfonamides is 1. The number of anilines is 1. The van der Waals surface area contributed by atoms with Gasteiger partial charge in [0.05, 0.1) is 10.0 Å². The minimum Gasteiger partial charge on any atom is -0.508 e. The van der Waals surface area contributed by atoms with Gasteiger partial charge in [0.25, 0.3) is 10.0 Å².